The number of nitro benzene ring substituents is 1. The maximum absolute atomic E-state index is 10.5. The molecule has 0 aromatic heterocycles. The second-order valence-corrected chi connectivity index (χ2v) is 5.37. The van der Waals surface area contributed by atoms with Crippen LogP contribution in [0.5, 0.6) is 0 Å². The van der Waals surface area contributed by atoms with Crippen molar-refractivity contribution in [1.29, 1.82) is 0 Å². The average Bonchev–Trinajstić information content (AvgIpc) is 2.87. The minimum absolute atomic E-state index is 0.157. The zero-order chi connectivity index (χ0) is 12.5. The average molecular weight is 234 g/mol. The van der Waals surface area contributed by atoms with Crippen molar-refractivity contribution in [3.05, 3.63) is 39.9 Å². The topological polar surface area (TPSA) is 55.2 Å². The summed E-state index contributed by atoms with van der Waals surface area (Å²) in [5.41, 5.74) is 1.75. The first-order chi connectivity index (χ1) is 7.99. The third-order valence-corrected chi connectivity index (χ3v) is 3.46. The highest BCUT2D eigenvalue weighted by Crippen LogP contribution is 2.44. The van der Waals surface area contributed by atoms with Crippen molar-refractivity contribution in [2.75, 3.05) is 6.54 Å². The molecule has 92 valence electrons. The predicted molar refractivity (Wildman–Crippen MR) is 67.0 cm³/mol. The molecule has 4 heteroatoms. The van der Waals surface area contributed by atoms with Gasteiger partial charge in [0.2, 0.25) is 0 Å². The molecule has 2 rings (SSSR count). The summed E-state index contributed by atoms with van der Waals surface area (Å²) >= 11 is 0. The Bertz CT molecular complexity index is 412. The number of nitrogens with zero attached hydrogens (tertiary/aromatic N) is 1. The molecule has 1 atom stereocenters. The van der Waals surface area contributed by atoms with Crippen LogP contribution in [0, 0.1) is 15.5 Å². The molecule has 1 aliphatic carbocycles. The molecule has 0 radical (unpaired) electrons. The molecule has 1 aromatic rings. The van der Waals surface area contributed by atoms with Crippen molar-refractivity contribution in [2.45, 2.75) is 32.7 Å². The van der Waals surface area contributed by atoms with E-state index in [0.29, 0.717) is 11.5 Å². The Morgan fingerprint density at radius 1 is 1.41 bits per heavy atom. The predicted octanol–water partition coefficient (Wildman–Crippen LogP) is 2.53. The van der Waals surface area contributed by atoms with Gasteiger partial charge in [-0.05, 0) is 30.4 Å². The number of benzene rings is 1. The van der Waals surface area contributed by atoms with E-state index in [1.165, 1.54) is 6.42 Å². The van der Waals surface area contributed by atoms with Gasteiger partial charge in [0.15, 0.2) is 0 Å². The SMILES string of the molecule is CC1(C)CC1NCCc1ccc([N+](=O)[O-])cc1. The van der Waals surface area contributed by atoms with E-state index in [-0.39, 0.29) is 10.6 Å². The number of non-ortho nitro benzene ring substituents is 1. The molecule has 0 bridgehead atoms. The van der Waals surface area contributed by atoms with E-state index in [1.807, 2.05) is 12.1 Å². The maximum atomic E-state index is 10.5. The molecule has 4 nitrogen and oxygen atoms in total. The van der Waals surface area contributed by atoms with E-state index in [0.717, 1.165) is 18.5 Å². The van der Waals surface area contributed by atoms with Gasteiger partial charge in [0, 0.05) is 18.2 Å². The lowest BCUT2D eigenvalue weighted by Crippen LogP contribution is -2.23. The van der Waals surface area contributed by atoms with Gasteiger partial charge in [-0.25, -0.2) is 0 Å². The van der Waals surface area contributed by atoms with Gasteiger partial charge in [0.05, 0.1) is 4.92 Å². The molecule has 1 N–H and O–H groups in total. The summed E-state index contributed by atoms with van der Waals surface area (Å²) in [7, 11) is 0. The van der Waals surface area contributed by atoms with E-state index < -0.39 is 0 Å². The van der Waals surface area contributed by atoms with E-state index in [2.05, 4.69) is 19.2 Å². The third-order valence-electron chi connectivity index (χ3n) is 3.46. The zero-order valence-corrected chi connectivity index (χ0v) is 10.3. The summed E-state index contributed by atoms with van der Waals surface area (Å²) in [4.78, 5) is 10.1. The largest absolute Gasteiger partial charge is 0.313 e. The van der Waals surface area contributed by atoms with Crippen LogP contribution in [0.3, 0.4) is 0 Å². The number of rotatable bonds is 5. The Hall–Kier alpha value is -1.42. The molecule has 17 heavy (non-hydrogen) atoms. The Balaban J connectivity index is 1.78. The van der Waals surface area contributed by atoms with Gasteiger partial charge >= 0.3 is 0 Å². The minimum Gasteiger partial charge on any atom is -0.313 e. The van der Waals surface area contributed by atoms with Crippen LogP contribution in [0.15, 0.2) is 24.3 Å². The second-order valence-electron chi connectivity index (χ2n) is 5.37. The fraction of sp³-hybridized carbons (Fsp3) is 0.538. The standard InChI is InChI=1S/C13H18N2O2/c1-13(2)9-12(13)14-8-7-10-3-5-11(6-4-10)15(16)17/h3-6,12,14H,7-9H2,1-2H3. The van der Waals surface area contributed by atoms with Gasteiger partial charge < -0.3 is 5.32 Å². The van der Waals surface area contributed by atoms with Crippen molar-refractivity contribution >= 4 is 5.69 Å². The molecular weight excluding hydrogens is 216 g/mol. The zero-order valence-electron chi connectivity index (χ0n) is 10.3. The molecule has 0 amide bonds. The van der Waals surface area contributed by atoms with E-state index in [1.54, 1.807) is 12.1 Å². The van der Waals surface area contributed by atoms with Crippen molar-refractivity contribution < 1.29 is 4.92 Å². The normalized spacial score (nSPS) is 21.2. The summed E-state index contributed by atoms with van der Waals surface area (Å²) in [5, 5.41) is 14.0. The van der Waals surface area contributed by atoms with Crippen molar-refractivity contribution in [1.82, 2.24) is 5.32 Å². The van der Waals surface area contributed by atoms with Crippen LogP contribution in [0.25, 0.3) is 0 Å². The van der Waals surface area contributed by atoms with Crippen LogP contribution in [0.2, 0.25) is 0 Å². The molecule has 1 fully saturated rings. The Morgan fingerprint density at radius 3 is 2.47 bits per heavy atom. The summed E-state index contributed by atoms with van der Waals surface area (Å²) < 4.78 is 0. The Kier molecular flexibility index (Phi) is 3.15. The lowest BCUT2D eigenvalue weighted by molar-refractivity contribution is -0.384. The van der Waals surface area contributed by atoms with Crippen LogP contribution in [0.4, 0.5) is 5.69 Å². The van der Waals surface area contributed by atoms with Crippen LogP contribution in [-0.2, 0) is 6.42 Å². The van der Waals surface area contributed by atoms with Gasteiger partial charge in [-0.3, -0.25) is 10.1 Å². The van der Waals surface area contributed by atoms with E-state index in [9.17, 15) is 10.1 Å². The summed E-state index contributed by atoms with van der Waals surface area (Å²) in [6.45, 7) is 5.46. The molecule has 1 saturated carbocycles. The summed E-state index contributed by atoms with van der Waals surface area (Å²) in [6, 6.07) is 7.43. The number of hydrogen-bond donors (Lipinski definition) is 1. The first-order valence-electron chi connectivity index (χ1n) is 5.96. The van der Waals surface area contributed by atoms with Crippen molar-refractivity contribution in [2.24, 2.45) is 5.41 Å². The third kappa shape index (κ3) is 3.03. The van der Waals surface area contributed by atoms with Crippen LogP contribution < -0.4 is 5.32 Å². The summed E-state index contributed by atoms with van der Waals surface area (Å²) in [5.74, 6) is 0. The fourth-order valence-corrected chi connectivity index (χ4v) is 1.99. The van der Waals surface area contributed by atoms with E-state index >= 15 is 0 Å². The smallest absolute Gasteiger partial charge is 0.269 e. The molecule has 0 spiro atoms. The van der Waals surface area contributed by atoms with Crippen LogP contribution in [0.1, 0.15) is 25.8 Å². The molecule has 1 unspecified atom stereocenters. The first kappa shape index (κ1) is 12.0. The van der Waals surface area contributed by atoms with Gasteiger partial charge in [-0.2, -0.15) is 0 Å². The fourth-order valence-electron chi connectivity index (χ4n) is 1.99. The monoisotopic (exact) mass is 234 g/mol. The minimum atomic E-state index is -0.366. The molecule has 0 aliphatic heterocycles. The highest BCUT2D eigenvalue weighted by atomic mass is 16.6. The quantitative estimate of drug-likeness (QED) is 0.629. The van der Waals surface area contributed by atoms with Gasteiger partial charge in [0.25, 0.3) is 5.69 Å². The molecule has 1 aliphatic rings. The Morgan fingerprint density at radius 2 is 2.00 bits per heavy atom. The molecule has 1 aromatic carbocycles. The lowest BCUT2D eigenvalue weighted by atomic mass is 10.1. The molecule has 0 heterocycles. The molecular formula is C13H18N2O2. The second kappa shape index (κ2) is 4.45. The highest BCUT2D eigenvalue weighted by molar-refractivity contribution is 5.32. The van der Waals surface area contributed by atoms with Gasteiger partial charge in [0.1, 0.15) is 0 Å². The number of nitrogens with one attached hydrogen (secondary N) is 1. The van der Waals surface area contributed by atoms with Crippen molar-refractivity contribution in [3.63, 3.8) is 0 Å². The number of hydrogen-bond acceptors (Lipinski definition) is 3. The first-order valence-corrected chi connectivity index (χ1v) is 5.96. The van der Waals surface area contributed by atoms with Crippen molar-refractivity contribution in [3.8, 4) is 0 Å². The Labute approximate surface area is 101 Å². The number of nitro groups is 1. The van der Waals surface area contributed by atoms with Gasteiger partial charge in [-0.1, -0.05) is 26.0 Å². The van der Waals surface area contributed by atoms with Crippen LogP contribution >= 0.6 is 0 Å². The van der Waals surface area contributed by atoms with Crippen LogP contribution in [-0.4, -0.2) is 17.5 Å². The summed E-state index contributed by atoms with van der Waals surface area (Å²) in [6.07, 6.45) is 2.16. The van der Waals surface area contributed by atoms with Gasteiger partial charge in [-0.15, -0.1) is 0 Å². The van der Waals surface area contributed by atoms with E-state index in [4.69, 9.17) is 0 Å². The maximum Gasteiger partial charge on any atom is 0.269 e. The lowest BCUT2D eigenvalue weighted by Gasteiger charge is -2.06. The molecule has 0 saturated heterocycles. The highest BCUT2D eigenvalue weighted by Gasteiger charge is 2.44.